The topological polar surface area (TPSA) is 38.3 Å². The molecule has 1 aromatic carbocycles. The first kappa shape index (κ1) is 15.0. The molecule has 1 unspecified atom stereocenters. The van der Waals surface area contributed by atoms with E-state index in [0.29, 0.717) is 18.7 Å². The fraction of sp³-hybridized carbons (Fsp3) is 0.500. The first-order valence-electron chi connectivity index (χ1n) is 6.45. The maximum absolute atomic E-state index is 12.6. The Hall–Kier alpha value is -1.40. The molecule has 0 aliphatic carbocycles. The second-order valence-corrected chi connectivity index (χ2v) is 4.81. The predicted molar refractivity (Wildman–Crippen MR) is 67.4 cm³/mol. The number of halogens is 3. The summed E-state index contributed by atoms with van der Waals surface area (Å²) in [6, 6.07) is 4.89. The average Bonchev–Trinajstić information content (AvgIpc) is 2.39. The van der Waals surface area contributed by atoms with Gasteiger partial charge < -0.3 is 10.1 Å². The van der Waals surface area contributed by atoms with Crippen LogP contribution in [0.5, 0.6) is 0 Å². The molecule has 2 rings (SSSR count). The molecule has 0 radical (unpaired) electrons. The summed E-state index contributed by atoms with van der Waals surface area (Å²) in [6.07, 6.45) is -4.33. The van der Waals surface area contributed by atoms with Crippen LogP contribution in [0.1, 0.15) is 17.5 Å². The number of benzene rings is 1. The highest BCUT2D eigenvalue weighted by molar-refractivity contribution is 5.81. The third-order valence-electron chi connectivity index (χ3n) is 3.12. The quantitative estimate of drug-likeness (QED) is 0.922. The Morgan fingerprint density at radius 3 is 2.85 bits per heavy atom. The Kier molecular flexibility index (Phi) is 4.77. The zero-order chi connectivity index (χ0) is 14.6. The maximum Gasteiger partial charge on any atom is 0.416 e. The molecule has 0 bridgehead atoms. The zero-order valence-corrected chi connectivity index (χ0v) is 10.9. The van der Waals surface area contributed by atoms with Gasteiger partial charge in [0.25, 0.3) is 0 Å². The van der Waals surface area contributed by atoms with Crippen molar-refractivity contribution < 1.29 is 22.7 Å². The van der Waals surface area contributed by atoms with Gasteiger partial charge in [-0.1, -0.05) is 18.2 Å². The van der Waals surface area contributed by atoms with Gasteiger partial charge >= 0.3 is 6.18 Å². The van der Waals surface area contributed by atoms with Crippen molar-refractivity contribution in [2.75, 3.05) is 19.7 Å². The second-order valence-electron chi connectivity index (χ2n) is 4.81. The van der Waals surface area contributed by atoms with Crippen molar-refractivity contribution in [1.29, 1.82) is 0 Å². The molecule has 3 nitrogen and oxygen atoms in total. The van der Waals surface area contributed by atoms with Gasteiger partial charge in [0, 0.05) is 25.9 Å². The largest absolute Gasteiger partial charge is 0.416 e. The smallest absolute Gasteiger partial charge is 0.375 e. The van der Waals surface area contributed by atoms with E-state index in [-0.39, 0.29) is 24.7 Å². The van der Waals surface area contributed by atoms with Gasteiger partial charge in [0.15, 0.2) is 0 Å². The van der Waals surface area contributed by atoms with Crippen LogP contribution in [0.15, 0.2) is 24.3 Å². The van der Waals surface area contributed by atoms with Crippen molar-refractivity contribution >= 4 is 5.78 Å². The van der Waals surface area contributed by atoms with Crippen LogP contribution in [0.25, 0.3) is 0 Å². The Morgan fingerprint density at radius 2 is 2.20 bits per heavy atom. The number of ether oxygens (including phenoxy) is 1. The number of nitrogens with one attached hydrogen (secondary N) is 1. The summed E-state index contributed by atoms with van der Waals surface area (Å²) in [5, 5.41) is 3.11. The third kappa shape index (κ3) is 4.31. The summed E-state index contributed by atoms with van der Waals surface area (Å²) in [5.74, 6) is -0.113. The first-order valence-corrected chi connectivity index (χ1v) is 6.45. The molecule has 1 heterocycles. The van der Waals surface area contributed by atoms with Gasteiger partial charge in [0.05, 0.1) is 18.3 Å². The number of hydrogen-bond donors (Lipinski definition) is 1. The third-order valence-corrected chi connectivity index (χ3v) is 3.12. The lowest BCUT2D eigenvalue weighted by Gasteiger charge is -2.22. The molecule has 1 aliphatic rings. The Labute approximate surface area is 115 Å². The van der Waals surface area contributed by atoms with Crippen molar-refractivity contribution in [2.45, 2.75) is 25.1 Å². The van der Waals surface area contributed by atoms with Crippen LogP contribution in [0.4, 0.5) is 13.2 Å². The molecule has 1 saturated heterocycles. The number of ketones is 1. The van der Waals surface area contributed by atoms with Gasteiger partial charge in [0.1, 0.15) is 5.78 Å². The van der Waals surface area contributed by atoms with Crippen LogP contribution in [-0.2, 0) is 22.1 Å². The van der Waals surface area contributed by atoms with E-state index in [1.54, 1.807) is 0 Å². The fourth-order valence-corrected chi connectivity index (χ4v) is 2.16. The number of morpholine rings is 1. The highest BCUT2D eigenvalue weighted by Crippen LogP contribution is 2.29. The monoisotopic (exact) mass is 287 g/mol. The van der Waals surface area contributed by atoms with Gasteiger partial charge in [-0.2, -0.15) is 13.2 Å². The van der Waals surface area contributed by atoms with E-state index in [9.17, 15) is 18.0 Å². The SMILES string of the molecule is O=C(Cc1cccc(C(F)(F)F)c1)CC1CNCCO1. The standard InChI is InChI=1S/C14H16F3NO2/c15-14(16,17)11-3-1-2-10(6-11)7-12(19)8-13-9-18-4-5-20-13/h1-3,6,13,18H,4-5,7-9H2. The molecule has 20 heavy (non-hydrogen) atoms. The van der Waals surface area contributed by atoms with E-state index >= 15 is 0 Å². The lowest BCUT2D eigenvalue weighted by molar-refractivity contribution is -0.137. The van der Waals surface area contributed by atoms with Gasteiger partial charge in [0.2, 0.25) is 0 Å². The molecule has 1 atom stereocenters. The lowest BCUT2D eigenvalue weighted by Crippen LogP contribution is -2.39. The summed E-state index contributed by atoms with van der Waals surface area (Å²) in [7, 11) is 0. The molecule has 0 aromatic heterocycles. The maximum atomic E-state index is 12.6. The Bertz CT molecular complexity index is 468. The molecule has 1 aliphatic heterocycles. The highest BCUT2D eigenvalue weighted by Gasteiger charge is 2.30. The molecule has 1 aromatic rings. The molecule has 6 heteroatoms. The van der Waals surface area contributed by atoms with E-state index in [4.69, 9.17) is 4.74 Å². The summed E-state index contributed by atoms with van der Waals surface area (Å²) in [4.78, 5) is 11.9. The van der Waals surface area contributed by atoms with Crippen molar-refractivity contribution in [3.8, 4) is 0 Å². The summed E-state index contributed by atoms with van der Waals surface area (Å²) < 4.78 is 43.1. The van der Waals surface area contributed by atoms with Crippen molar-refractivity contribution in [3.05, 3.63) is 35.4 Å². The van der Waals surface area contributed by atoms with Crippen LogP contribution in [0.3, 0.4) is 0 Å². The van der Waals surface area contributed by atoms with Gasteiger partial charge in [-0.05, 0) is 11.6 Å². The lowest BCUT2D eigenvalue weighted by atomic mass is 10.0. The number of carbonyl (C=O) groups is 1. The van der Waals surface area contributed by atoms with E-state index < -0.39 is 11.7 Å². The van der Waals surface area contributed by atoms with Gasteiger partial charge in [-0.25, -0.2) is 0 Å². The highest BCUT2D eigenvalue weighted by atomic mass is 19.4. The minimum atomic E-state index is -4.38. The van der Waals surface area contributed by atoms with Crippen molar-refractivity contribution in [3.63, 3.8) is 0 Å². The number of Topliss-reactive ketones (excluding diaryl/α,β-unsaturated/α-hetero) is 1. The van der Waals surface area contributed by atoms with Crippen LogP contribution in [0.2, 0.25) is 0 Å². The van der Waals surface area contributed by atoms with Crippen LogP contribution in [0, 0.1) is 0 Å². The van der Waals surface area contributed by atoms with Crippen LogP contribution in [-0.4, -0.2) is 31.6 Å². The molecule has 0 amide bonds. The minimum Gasteiger partial charge on any atom is -0.375 e. The Balaban J connectivity index is 1.93. The van der Waals surface area contributed by atoms with Gasteiger partial charge in [-0.3, -0.25) is 4.79 Å². The average molecular weight is 287 g/mol. The van der Waals surface area contributed by atoms with E-state index in [0.717, 1.165) is 18.7 Å². The molecule has 110 valence electrons. The fourth-order valence-electron chi connectivity index (χ4n) is 2.16. The zero-order valence-electron chi connectivity index (χ0n) is 10.9. The molecule has 1 fully saturated rings. The van der Waals surface area contributed by atoms with Crippen LogP contribution >= 0.6 is 0 Å². The van der Waals surface area contributed by atoms with E-state index in [1.807, 2.05) is 0 Å². The van der Waals surface area contributed by atoms with Crippen molar-refractivity contribution in [1.82, 2.24) is 5.32 Å². The second kappa shape index (κ2) is 6.37. The molecular formula is C14H16F3NO2. The summed E-state index contributed by atoms with van der Waals surface area (Å²) in [5.41, 5.74) is -0.341. The molecular weight excluding hydrogens is 271 g/mol. The summed E-state index contributed by atoms with van der Waals surface area (Å²) in [6.45, 7) is 1.92. The van der Waals surface area contributed by atoms with Crippen molar-refractivity contribution in [2.24, 2.45) is 0 Å². The van der Waals surface area contributed by atoms with Crippen LogP contribution < -0.4 is 5.32 Å². The minimum absolute atomic E-state index is 0.00375. The molecule has 1 N–H and O–H groups in total. The molecule has 0 spiro atoms. The Morgan fingerprint density at radius 1 is 1.40 bits per heavy atom. The summed E-state index contributed by atoms with van der Waals surface area (Å²) >= 11 is 0. The van der Waals surface area contributed by atoms with Gasteiger partial charge in [-0.15, -0.1) is 0 Å². The number of rotatable bonds is 4. The first-order chi connectivity index (χ1) is 9.45. The predicted octanol–water partition coefficient (Wildman–Crippen LogP) is 2.20. The molecule has 0 saturated carbocycles. The number of carbonyl (C=O) groups excluding carboxylic acids is 1. The van der Waals surface area contributed by atoms with E-state index in [2.05, 4.69) is 5.32 Å². The normalized spacial score (nSPS) is 19.9. The number of alkyl halides is 3. The van der Waals surface area contributed by atoms with E-state index in [1.165, 1.54) is 12.1 Å². The number of hydrogen-bond acceptors (Lipinski definition) is 3.